The fourth-order valence-corrected chi connectivity index (χ4v) is 1.77. The maximum Gasteiger partial charge on any atom is 0.232 e. The maximum absolute atomic E-state index is 11.8. The SMILES string of the molecule is COCCN(CCOC)C(=O)CSCCN. The van der Waals surface area contributed by atoms with Gasteiger partial charge in [0.25, 0.3) is 0 Å². The fraction of sp³-hybridized carbons (Fsp3) is 0.900. The van der Waals surface area contributed by atoms with Crippen molar-refractivity contribution in [1.29, 1.82) is 0 Å². The molecule has 0 aliphatic heterocycles. The summed E-state index contributed by atoms with van der Waals surface area (Å²) in [6, 6.07) is 0. The van der Waals surface area contributed by atoms with Gasteiger partial charge in [0.15, 0.2) is 0 Å². The second kappa shape index (κ2) is 11.2. The molecule has 2 N–H and O–H groups in total. The topological polar surface area (TPSA) is 64.8 Å². The maximum atomic E-state index is 11.8. The van der Waals surface area contributed by atoms with Gasteiger partial charge in [0.05, 0.1) is 19.0 Å². The van der Waals surface area contributed by atoms with E-state index in [1.165, 1.54) is 0 Å². The van der Waals surface area contributed by atoms with Crippen LogP contribution < -0.4 is 5.73 Å². The second-order valence-corrected chi connectivity index (χ2v) is 4.31. The third-order valence-electron chi connectivity index (χ3n) is 1.97. The molecule has 16 heavy (non-hydrogen) atoms. The average molecular weight is 250 g/mol. The van der Waals surface area contributed by atoms with Crippen molar-refractivity contribution in [2.24, 2.45) is 5.73 Å². The largest absolute Gasteiger partial charge is 0.383 e. The summed E-state index contributed by atoms with van der Waals surface area (Å²) in [7, 11) is 3.25. The Morgan fingerprint density at radius 2 is 1.81 bits per heavy atom. The first-order valence-corrected chi connectivity index (χ1v) is 6.45. The van der Waals surface area contributed by atoms with E-state index in [4.69, 9.17) is 15.2 Å². The van der Waals surface area contributed by atoms with Crippen LogP contribution in [0.15, 0.2) is 0 Å². The van der Waals surface area contributed by atoms with Crippen molar-refractivity contribution in [3.8, 4) is 0 Å². The van der Waals surface area contributed by atoms with E-state index in [2.05, 4.69) is 0 Å². The summed E-state index contributed by atoms with van der Waals surface area (Å²) in [5, 5.41) is 0. The highest BCUT2D eigenvalue weighted by Crippen LogP contribution is 2.01. The van der Waals surface area contributed by atoms with Gasteiger partial charge < -0.3 is 20.1 Å². The molecule has 0 atom stereocenters. The number of thioether (sulfide) groups is 1. The highest BCUT2D eigenvalue weighted by molar-refractivity contribution is 7.99. The first kappa shape index (κ1) is 15.7. The summed E-state index contributed by atoms with van der Waals surface area (Å²) in [5.74, 6) is 1.41. The van der Waals surface area contributed by atoms with Crippen molar-refractivity contribution in [3.63, 3.8) is 0 Å². The molecule has 0 saturated heterocycles. The first-order chi connectivity index (χ1) is 7.76. The quantitative estimate of drug-likeness (QED) is 0.544. The molecule has 6 heteroatoms. The molecule has 5 nitrogen and oxygen atoms in total. The monoisotopic (exact) mass is 250 g/mol. The molecule has 1 amide bonds. The van der Waals surface area contributed by atoms with Crippen molar-refractivity contribution < 1.29 is 14.3 Å². The van der Waals surface area contributed by atoms with Gasteiger partial charge in [-0.2, -0.15) is 11.8 Å². The number of hydrogen-bond donors (Lipinski definition) is 1. The van der Waals surface area contributed by atoms with E-state index in [1.54, 1.807) is 30.9 Å². The number of carbonyl (C=O) groups excluding carboxylic acids is 1. The molecule has 0 bridgehead atoms. The van der Waals surface area contributed by atoms with Crippen LogP contribution in [0.5, 0.6) is 0 Å². The molecule has 0 saturated carbocycles. The first-order valence-electron chi connectivity index (χ1n) is 5.29. The van der Waals surface area contributed by atoms with Crippen LogP contribution in [0.4, 0.5) is 0 Å². The van der Waals surface area contributed by atoms with E-state index >= 15 is 0 Å². The average Bonchev–Trinajstić information content (AvgIpc) is 2.29. The van der Waals surface area contributed by atoms with Gasteiger partial charge in [-0.1, -0.05) is 0 Å². The van der Waals surface area contributed by atoms with Crippen LogP contribution in [0.25, 0.3) is 0 Å². The number of methoxy groups -OCH3 is 2. The van der Waals surface area contributed by atoms with Crippen LogP contribution in [0, 0.1) is 0 Å². The number of nitrogens with zero attached hydrogens (tertiary/aromatic N) is 1. The second-order valence-electron chi connectivity index (χ2n) is 3.21. The Morgan fingerprint density at radius 3 is 2.25 bits per heavy atom. The highest BCUT2D eigenvalue weighted by Gasteiger charge is 2.12. The highest BCUT2D eigenvalue weighted by atomic mass is 32.2. The molecule has 0 aromatic heterocycles. The molecular formula is C10H22N2O3S. The summed E-state index contributed by atoms with van der Waals surface area (Å²) in [4.78, 5) is 13.5. The summed E-state index contributed by atoms with van der Waals surface area (Å²) in [6.07, 6.45) is 0. The lowest BCUT2D eigenvalue weighted by Crippen LogP contribution is -2.37. The van der Waals surface area contributed by atoms with Crippen LogP contribution >= 0.6 is 11.8 Å². The molecule has 0 rings (SSSR count). The fourth-order valence-electron chi connectivity index (χ4n) is 1.10. The van der Waals surface area contributed by atoms with Crippen LogP contribution in [0.3, 0.4) is 0 Å². The molecule has 0 heterocycles. The predicted molar refractivity (Wildman–Crippen MR) is 66.7 cm³/mol. The van der Waals surface area contributed by atoms with Gasteiger partial charge >= 0.3 is 0 Å². The van der Waals surface area contributed by atoms with Gasteiger partial charge in [0.2, 0.25) is 5.91 Å². The van der Waals surface area contributed by atoms with Gasteiger partial charge in [-0.05, 0) is 0 Å². The van der Waals surface area contributed by atoms with Crippen LogP contribution in [-0.2, 0) is 14.3 Å². The lowest BCUT2D eigenvalue weighted by atomic mass is 10.4. The number of ether oxygens (including phenoxy) is 2. The van der Waals surface area contributed by atoms with E-state index in [-0.39, 0.29) is 5.91 Å². The van der Waals surface area contributed by atoms with Crippen molar-refractivity contribution in [3.05, 3.63) is 0 Å². The summed E-state index contributed by atoms with van der Waals surface area (Å²) in [5.41, 5.74) is 5.37. The number of rotatable bonds is 10. The molecule has 0 aliphatic carbocycles. The van der Waals surface area contributed by atoms with Crippen molar-refractivity contribution in [2.75, 3.05) is 58.6 Å². The lowest BCUT2D eigenvalue weighted by molar-refractivity contribution is -0.129. The molecule has 96 valence electrons. The number of amides is 1. The predicted octanol–water partition coefficient (Wildman–Crippen LogP) is -0.200. The standard InChI is InChI=1S/C10H22N2O3S/c1-14-6-4-12(5-7-15-2)10(13)9-16-8-3-11/h3-9,11H2,1-2H3. The Hall–Kier alpha value is -0.300. The molecule has 0 aromatic rings. The Labute approximate surface area is 102 Å². The van der Waals surface area contributed by atoms with E-state index in [0.717, 1.165) is 5.75 Å². The van der Waals surface area contributed by atoms with Crippen LogP contribution in [0.1, 0.15) is 0 Å². The number of hydrogen-bond acceptors (Lipinski definition) is 5. The van der Waals surface area contributed by atoms with E-state index in [9.17, 15) is 4.79 Å². The third kappa shape index (κ3) is 7.92. The number of nitrogens with two attached hydrogens (primary N) is 1. The summed E-state index contributed by atoms with van der Waals surface area (Å²) >= 11 is 1.56. The zero-order valence-electron chi connectivity index (χ0n) is 10.1. The Bertz CT molecular complexity index is 173. The van der Waals surface area contributed by atoms with Crippen molar-refractivity contribution >= 4 is 17.7 Å². The van der Waals surface area contributed by atoms with Gasteiger partial charge in [0, 0.05) is 39.6 Å². The lowest BCUT2D eigenvalue weighted by Gasteiger charge is -2.21. The Morgan fingerprint density at radius 1 is 1.25 bits per heavy atom. The third-order valence-corrected chi connectivity index (χ3v) is 2.95. The minimum atomic E-state index is 0.118. The van der Waals surface area contributed by atoms with E-state index < -0.39 is 0 Å². The van der Waals surface area contributed by atoms with Gasteiger partial charge in [0.1, 0.15) is 0 Å². The normalized spacial score (nSPS) is 10.4. The van der Waals surface area contributed by atoms with Crippen LogP contribution in [-0.4, -0.2) is 69.4 Å². The van der Waals surface area contributed by atoms with Gasteiger partial charge in [-0.15, -0.1) is 0 Å². The smallest absolute Gasteiger partial charge is 0.232 e. The molecule has 0 fully saturated rings. The molecule has 0 aliphatic rings. The molecular weight excluding hydrogens is 228 g/mol. The molecule has 0 aromatic carbocycles. The Balaban J connectivity index is 3.88. The summed E-state index contributed by atoms with van der Waals surface area (Å²) in [6.45, 7) is 2.94. The van der Waals surface area contributed by atoms with E-state index in [0.29, 0.717) is 38.6 Å². The molecule has 0 unspecified atom stereocenters. The minimum absolute atomic E-state index is 0.118. The number of carbonyl (C=O) groups is 1. The summed E-state index contributed by atoms with van der Waals surface area (Å²) < 4.78 is 9.93. The van der Waals surface area contributed by atoms with Crippen molar-refractivity contribution in [1.82, 2.24) is 4.90 Å². The van der Waals surface area contributed by atoms with Gasteiger partial charge in [-0.3, -0.25) is 4.79 Å². The van der Waals surface area contributed by atoms with E-state index in [1.807, 2.05) is 0 Å². The molecule has 0 spiro atoms. The minimum Gasteiger partial charge on any atom is -0.383 e. The molecule has 0 radical (unpaired) electrons. The zero-order valence-corrected chi connectivity index (χ0v) is 10.9. The zero-order chi connectivity index (χ0) is 12.2. The Kier molecular flexibility index (Phi) is 11.0. The van der Waals surface area contributed by atoms with Crippen LogP contribution in [0.2, 0.25) is 0 Å². The van der Waals surface area contributed by atoms with Gasteiger partial charge in [-0.25, -0.2) is 0 Å². The van der Waals surface area contributed by atoms with Crippen molar-refractivity contribution in [2.45, 2.75) is 0 Å².